The number of aliphatic hydroxyl groups excluding tert-OH is 2. The van der Waals surface area contributed by atoms with E-state index in [1.54, 1.807) is 30.3 Å². The molecule has 0 radical (unpaired) electrons. The van der Waals surface area contributed by atoms with E-state index in [4.69, 9.17) is 17.3 Å². The molecule has 30 heavy (non-hydrogen) atoms. The molecule has 1 aliphatic heterocycles. The Labute approximate surface area is 183 Å². The number of nitrogens with zero attached hydrogens (tertiary/aromatic N) is 1. The van der Waals surface area contributed by atoms with E-state index in [0.717, 1.165) is 22.7 Å². The van der Waals surface area contributed by atoms with Crippen LogP contribution in [-0.2, 0) is 6.61 Å². The van der Waals surface area contributed by atoms with Gasteiger partial charge in [0.25, 0.3) is 5.91 Å². The number of thiophene rings is 1. The molecule has 1 atom stereocenters. The van der Waals surface area contributed by atoms with Crippen molar-refractivity contribution < 1.29 is 15.0 Å². The van der Waals surface area contributed by atoms with E-state index in [1.807, 2.05) is 23.1 Å². The van der Waals surface area contributed by atoms with Crippen molar-refractivity contribution in [2.24, 2.45) is 0 Å². The smallest absolute Gasteiger partial charge is 0.267 e. The summed E-state index contributed by atoms with van der Waals surface area (Å²) < 4.78 is 0. The van der Waals surface area contributed by atoms with Gasteiger partial charge in [0.05, 0.1) is 18.4 Å². The highest BCUT2D eigenvalue weighted by Crippen LogP contribution is 2.34. The first-order valence-electron chi connectivity index (χ1n) is 9.58. The third-order valence-electron chi connectivity index (χ3n) is 5.11. The summed E-state index contributed by atoms with van der Waals surface area (Å²) >= 11 is 7.26. The lowest BCUT2D eigenvalue weighted by Crippen LogP contribution is -2.22. The number of nitrogen functional groups attached to an aromatic ring is 1. The minimum atomic E-state index is -0.354. The van der Waals surface area contributed by atoms with E-state index < -0.39 is 0 Å². The summed E-state index contributed by atoms with van der Waals surface area (Å²) in [6.07, 6.45) is 0.351. The van der Waals surface area contributed by atoms with Gasteiger partial charge in [-0.2, -0.15) is 0 Å². The number of halogens is 1. The second kappa shape index (κ2) is 8.65. The van der Waals surface area contributed by atoms with Gasteiger partial charge in [-0.05, 0) is 48.4 Å². The van der Waals surface area contributed by atoms with Gasteiger partial charge in [-0.1, -0.05) is 23.7 Å². The number of hydrogen-bond acceptors (Lipinski definition) is 6. The Morgan fingerprint density at radius 1 is 1.23 bits per heavy atom. The number of β-amino-alcohol motifs (C(OH)–C–C–N with tert-alkyl or cyclic N) is 1. The summed E-state index contributed by atoms with van der Waals surface area (Å²) in [6, 6.07) is 14.5. The molecule has 1 aliphatic rings. The van der Waals surface area contributed by atoms with Crippen molar-refractivity contribution in [3.8, 4) is 10.4 Å². The maximum Gasteiger partial charge on any atom is 0.267 e. The fraction of sp³-hybridized carbons (Fsp3) is 0.227. The number of nitrogens with two attached hydrogens (primary N) is 1. The number of benzene rings is 2. The highest BCUT2D eigenvalue weighted by Gasteiger charge is 2.23. The molecule has 0 bridgehead atoms. The van der Waals surface area contributed by atoms with Crippen LogP contribution < -0.4 is 16.0 Å². The van der Waals surface area contributed by atoms with Crippen molar-refractivity contribution in [3.63, 3.8) is 0 Å². The predicted octanol–water partition coefficient (Wildman–Crippen LogP) is 3.97. The largest absolute Gasteiger partial charge is 0.397 e. The summed E-state index contributed by atoms with van der Waals surface area (Å²) in [4.78, 5) is 16.2. The lowest BCUT2D eigenvalue weighted by Gasteiger charge is -2.21. The number of rotatable bonds is 5. The summed E-state index contributed by atoms with van der Waals surface area (Å²) in [5, 5.41) is 23.1. The molecule has 2 heterocycles. The van der Waals surface area contributed by atoms with Crippen LogP contribution in [0.4, 0.5) is 17.1 Å². The minimum Gasteiger partial charge on any atom is -0.397 e. The normalized spacial score (nSPS) is 16.1. The fourth-order valence-corrected chi connectivity index (χ4v) is 4.69. The first-order chi connectivity index (χ1) is 14.4. The van der Waals surface area contributed by atoms with E-state index in [9.17, 15) is 15.0 Å². The van der Waals surface area contributed by atoms with Gasteiger partial charge in [-0.15, -0.1) is 11.3 Å². The molecule has 2 aromatic carbocycles. The third-order valence-corrected chi connectivity index (χ3v) is 6.56. The molecular weight excluding hydrogens is 422 g/mol. The van der Waals surface area contributed by atoms with Crippen molar-refractivity contribution in [3.05, 3.63) is 64.0 Å². The van der Waals surface area contributed by atoms with Gasteiger partial charge in [-0.25, -0.2) is 0 Å². The van der Waals surface area contributed by atoms with Crippen molar-refractivity contribution in [1.82, 2.24) is 0 Å². The molecule has 1 aromatic heterocycles. The Balaban J connectivity index is 1.53. The monoisotopic (exact) mass is 443 g/mol. The first kappa shape index (κ1) is 20.7. The molecule has 0 saturated carbocycles. The topological polar surface area (TPSA) is 98.8 Å². The Morgan fingerprint density at radius 2 is 2.00 bits per heavy atom. The summed E-state index contributed by atoms with van der Waals surface area (Å²) in [7, 11) is 0. The first-order valence-corrected chi connectivity index (χ1v) is 10.8. The quantitative estimate of drug-likeness (QED) is 0.478. The summed E-state index contributed by atoms with van der Waals surface area (Å²) in [6.45, 7) is 1.12. The Morgan fingerprint density at radius 3 is 2.67 bits per heavy atom. The average Bonchev–Trinajstić information content (AvgIpc) is 3.34. The molecule has 0 aliphatic carbocycles. The lowest BCUT2D eigenvalue weighted by atomic mass is 10.1. The summed E-state index contributed by atoms with van der Waals surface area (Å²) in [5.41, 5.74) is 9.58. The molecule has 1 fully saturated rings. The average molecular weight is 444 g/mol. The molecule has 1 unspecified atom stereocenters. The molecule has 156 valence electrons. The van der Waals surface area contributed by atoms with Crippen LogP contribution in [0.5, 0.6) is 0 Å². The molecule has 5 N–H and O–H groups in total. The van der Waals surface area contributed by atoms with Crippen LogP contribution in [0.1, 0.15) is 21.7 Å². The highest BCUT2D eigenvalue weighted by atomic mass is 35.5. The van der Waals surface area contributed by atoms with Crippen molar-refractivity contribution in [2.75, 3.05) is 29.0 Å². The van der Waals surface area contributed by atoms with E-state index in [-0.39, 0.29) is 18.6 Å². The Hall–Kier alpha value is -2.58. The Bertz CT molecular complexity index is 1070. The van der Waals surface area contributed by atoms with Gasteiger partial charge in [0, 0.05) is 39.9 Å². The number of hydrogen-bond donors (Lipinski definition) is 4. The van der Waals surface area contributed by atoms with E-state index in [0.29, 0.717) is 39.8 Å². The van der Waals surface area contributed by atoms with Crippen molar-refractivity contribution in [1.29, 1.82) is 0 Å². The van der Waals surface area contributed by atoms with E-state index >= 15 is 0 Å². The predicted molar refractivity (Wildman–Crippen MR) is 122 cm³/mol. The van der Waals surface area contributed by atoms with Crippen molar-refractivity contribution >= 4 is 45.9 Å². The van der Waals surface area contributed by atoms with Gasteiger partial charge < -0.3 is 26.2 Å². The number of nitrogens with one attached hydrogen (secondary N) is 1. The standard InChI is InChI=1S/C22H22ClN3O3S/c23-15-3-1-13(2-4-15)20-10-18(24)21(30-20)22(29)25-16-5-6-19(14(9-16)12-27)26-8-7-17(28)11-26/h1-6,9-10,17,27-28H,7-8,11-12,24H2,(H,25,29). The van der Waals surface area contributed by atoms with Crippen LogP contribution in [-0.4, -0.2) is 35.3 Å². The fourth-order valence-electron chi connectivity index (χ4n) is 3.59. The number of aliphatic hydroxyl groups is 2. The summed E-state index contributed by atoms with van der Waals surface area (Å²) in [5.74, 6) is -0.300. The van der Waals surface area contributed by atoms with Gasteiger partial charge >= 0.3 is 0 Å². The molecule has 6 nitrogen and oxygen atoms in total. The second-order valence-corrected chi connectivity index (χ2v) is 8.73. The maximum atomic E-state index is 12.8. The Kier molecular flexibility index (Phi) is 5.97. The lowest BCUT2D eigenvalue weighted by molar-refractivity contribution is 0.103. The number of amides is 1. The zero-order valence-corrected chi connectivity index (χ0v) is 17.7. The zero-order chi connectivity index (χ0) is 21.3. The minimum absolute atomic E-state index is 0.159. The third kappa shape index (κ3) is 4.29. The van der Waals surface area contributed by atoms with Crippen LogP contribution >= 0.6 is 22.9 Å². The number of anilines is 3. The second-order valence-electron chi connectivity index (χ2n) is 7.25. The van der Waals surface area contributed by atoms with E-state index in [1.165, 1.54) is 11.3 Å². The highest BCUT2D eigenvalue weighted by molar-refractivity contribution is 7.18. The van der Waals surface area contributed by atoms with Crippen molar-refractivity contribution in [2.45, 2.75) is 19.1 Å². The number of carbonyl (C=O) groups is 1. The van der Waals surface area contributed by atoms with Crippen LogP contribution in [0.3, 0.4) is 0 Å². The maximum absolute atomic E-state index is 12.8. The molecular formula is C22H22ClN3O3S. The van der Waals surface area contributed by atoms with Gasteiger partial charge in [0.2, 0.25) is 0 Å². The van der Waals surface area contributed by atoms with Crippen LogP contribution in [0.15, 0.2) is 48.5 Å². The molecule has 0 spiro atoms. The van der Waals surface area contributed by atoms with Gasteiger partial charge in [-0.3, -0.25) is 4.79 Å². The molecule has 4 rings (SSSR count). The molecule has 1 saturated heterocycles. The number of carbonyl (C=O) groups excluding carboxylic acids is 1. The van der Waals surface area contributed by atoms with Gasteiger partial charge in [0.15, 0.2) is 0 Å². The van der Waals surface area contributed by atoms with Gasteiger partial charge in [0.1, 0.15) is 4.88 Å². The molecule has 3 aromatic rings. The van der Waals surface area contributed by atoms with Crippen LogP contribution in [0, 0.1) is 0 Å². The van der Waals surface area contributed by atoms with Crippen LogP contribution in [0.2, 0.25) is 5.02 Å². The zero-order valence-electron chi connectivity index (χ0n) is 16.1. The van der Waals surface area contributed by atoms with Crippen LogP contribution in [0.25, 0.3) is 10.4 Å². The van der Waals surface area contributed by atoms with E-state index in [2.05, 4.69) is 5.32 Å². The molecule has 8 heteroatoms. The SMILES string of the molecule is Nc1cc(-c2ccc(Cl)cc2)sc1C(=O)Nc1ccc(N2CCC(O)C2)c(CO)c1. The molecule has 1 amide bonds.